The van der Waals surface area contributed by atoms with Crippen LogP contribution >= 0.6 is 0 Å². The van der Waals surface area contributed by atoms with E-state index >= 15 is 0 Å². The summed E-state index contributed by atoms with van der Waals surface area (Å²) in [5, 5.41) is 18.4. The fourth-order valence-electron chi connectivity index (χ4n) is 2.03. The highest BCUT2D eigenvalue weighted by Gasteiger charge is 2.12. The molecule has 0 unspecified atom stereocenters. The van der Waals surface area contributed by atoms with Crippen LogP contribution in [-0.2, 0) is 16.0 Å². The molecule has 0 saturated carbocycles. The minimum atomic E-state index is -1.42. The molecule has 0 amide bonds. The molecular formula is C14H24BNO4. The third-order valence-electron chi connectivity index (χ3n) is 3.09. The van der Waals surface area contributed by atoms with E-state index in [2.05, 4.69) is 4.90 Å². The molecule has 0 heterocycles. The molecule has 112 valence electrons. The average molecular weight is 281 g/mol. The molecule has 0 fully saturated rings. The standard InChI is InChI=1S/C14H24BNO4/c1-19-9-4-7-16(8-10-20-2)12-13-5-3-6-14(11-13)15(17)18/h3,5-6,11,17-18H,4,7-10,12H2,1-2H3. The van der Waals surface area contributed by atoms with Crippen LogP contribution in [0.5, 0.6) is 0 Å². The molecule has 5 nitrogen and oxygen atoms in total. The summed E-state index contributed by atoms with van der Waals surface area (Å²) in [6.45, 7) is 3.93. The Labute approximate surface area is 121 Å². The summed E-state index contributed by atoms with van der Waals surface area (Å²) in [7, 11) is 1.97. The van der Waals surface area contributed by atoms with Gasteiger partial charge in [-0.25, -0.2) is 0 Å². The molecule has 6 heteroatoms. The molecule has 0 aromatic heterocycles. The van der Waals surface area contributed by atoms with Crippen molar-refractivity contribution in [2.75, 3.05) is 40.5 Å². The van der Waals surface area contributed by atoms with Gasteiger partial charge in [-0.15, -0.1) is 0 Å². The Morgan fingerprint density at radius 3 is 2.50 bits per heavy atom. The molecule has 1 aromatic carbocycles. The van der Waals surface area contributed by atoms with Gasteiger partial charge in [-0.2, -0.15) is 0 Å². The Balaban J connectivity index is 2.59. The van der Waals surface area contributed by atoms with E-state index in [1.54, 1.807) is 20.3 Å². The Hall–Kier alpha value is -0.915. The first-order valence-electron chi connectivity index (χ1n) is 6.82. The lowest BCUT2D eigenvalue weighted by Gasteiger charge is -2.22. The molecular weight excluding hydrogens is 257 g/mol. The van der Waals surface area contributed by atoms with E-state index in [1.165, 1.54) is 0 Å². The summed E-state index contributed by atoms with van der Waals surface area (Å²) < 4.78 is 10.2. The van der Waals surface area contributed by atoms with Crippen molar-refractivity contribution in [1.82, 2.24) is 4.90 Å². The summed E-state index contributed by atoms with van der Waals surface area (Å²) in [4.78, 5) is 2.27. The largest absolute Gasteiger partial charge is 0.488 e. The van der Waals surface area contributed by atoms with Crippen molar-refractivity contribution in [3.63, 3.8) is 0 Å². The first kappa shape index (κ1) is 17.1. The summed E-state index contributed by atoms with van der Waals surface area (Å²) in [5.74, 6) is 0. The SMILES string of the molecule is COCCCN(CCOC)Cc1cccc(B(O)O)c1. The molecule has 0 aliphatic carbocycles. The Morgan fingerprint density at radius 1 is 1.10 bits per heavy atom. The second-order valence-electron chi connectivity index (χ2n) is 4.73. The lowest BCUT2D eigenvalue weighted by atomic mass is 9.79. The van der Waals surface area contributed by atoms with Gasteiger partial charge in [-0.3, -0.25) is 4.90 Å². The van der Waals surface area contributed by atoms with Crippen LogP contribution < -0.4 is 5.46 Å². The van der Waals surface area contributed by atoms with Gasteiger partial charge in [0.25, 0.3) is 0 Å². The Morgan fingerprint density at radius 2 is 1.85 bits per heavy atom. The van der Waals surface area contributed by atoms with Crippen LogP contribution in [0.4, 0.5) is 0 Å². The van der Waals surface area contributed by atoms with Crippen molar-refractivity contribution in [1.29, 1.82) is 0 Å². The van der Waals surface area contributed by atoms with Crippen molar-refractivity contribution in [3.8, 4) is 0 Å². The quantitative estimate of drug-likeness (QED) is 0.461. The topological polar surface area (TPSA) is 62.2 Å². The van der Waals surface area contributed by atoms with E-state index in [9.17, 15) is 10.0 Å². The van der Waals surface area contributed by atoms with Crippen LogP contribution in [0, 0.1) is 0 Å². The molecule has 20 heavy (non-hydrogen) atoms. The van der Waals surface area contributed by atoms with E-state index in [1.807, 2.05) is 18.2 Å². The lowest BCUT2D eigenvalue weighted by Crippen LogP contribution is -2.32. The van der Waals surface area contributed by atoms with Crippen molar-refractivity contribution in [2.24, 2.45) is 0 Å². The van der Waals surface area contributed by atoms with E-state index in [0.717, 1.165) is 38.2 Å². The number of hydrogen-bond acceptors (Lipinski definition) is 5. The third kappa shape index (κ3) is 6.50. The highest BCUT2D eigenvalue weighted by atomic mass is 16.5. The van der Waals surface area contributed by atoms with Gasteiger partial charge < -0.3 is 19.5 Å². The molecule has 0 spiro atoms. The Kier molecular flexibility index (Phi) is 8.49. The van der Waals surface area contributed by atoms with Gasteiger partial charge in [0.1, 0.15) is 0 Å². The molecule has 2 N–H and O–H groups in total. The van der Waals surface area contributed by atoms with Crippen molar-refractivity contribution in [3.05, 3.63) is 29.8 Å². The van der Waals surface area contributed by atoms with Crippen molar-refractivity contribution < 1.29 is 19.5 Å². The second kappa shape index (κ2) is 9.91. The maximum Gasteiger partial charge on any atom is 0.488 e. The number of hydrogen-bond donors (Lipinski definition) is 2. The van der Waals surface area contributed by atoms with Crippen molar-refractivity contribution in [2.45, 2.75) is 13.0 Å². The zero-order chi connectivity index (χ0) is 14.8. The summed E-state index contributed by atoms with van der Waals surface area (Å²) in [6.07, 6.45) is 0.961. The second-order valence-corrected chi connectivity index (χ2v) is 4.73. The van der Waals surface area contributed by atoms with E-state index < -0.39 is 7.12 Å². The van der Waals surface area contributed by atoms with Gasteiger partial charge >= 0.3 is 7.12 Å². The molecule has 1 rings (SSSR count). The lowest BCUT2D eigenvalue weighted by molar-refractivity contribution is 0.129. The van der Waals surface area contributed by atoms with E-state index in [-0.39, 0.29) is 0 Å². The van der Waals surface area contributed by atoms with Gasteiger partial charge in [0.2, 0.25) is 0 Å². The Bertz CT molecular complexity index is 376. The normalized spacial score (nSPS) is 11.1. The van der Waals surface area contributed by atoms with Crippen LogP contribution in [0.15, 0.2) is 24.3 Å². The molecule has 0 saturated heterocycles. The van der Waals surface area contributed by atoms with Crippen LogP contribution in [0.25, 0.3) is 0 Å². The fourth-order valence-corrected chi connectivity index (χ4v) is 2.03. The maximum absolute atomic E-state index is 9.20. The first-order chi connectivity index (χ1) is 9.67. The van der Waals surface area contributed by atoms with Crippen LogP contribution in [0.2, 0.25) is 0 Å². The van der Waals surface area contributed by atoms with Gasteiger partial charge in [-0.1, -0.05) is 24.3 Å². The van der Waals surface area contributed by atoms with Crippen molar-refractivity contribution >= 4 is 12.6 Å². The number of nitrogens with zero attached hydrogens (tertiary/aromatic N) is 1. The van der Waals surface area contributed by atoms with Crippen LogP contribution in [0.1, 0.15) is 12.0 Å². The summed E-state index contributed by atoms with van der Waals surface area (Å²) in [6, 6.07) is 7.36. The van der Waals surface area contributed by atoms with Gasteiger partial charge in [0.15, 0.2) is 0 Å². The zero-order valence-electron chi connectivity index (χ0n) is 12.3. The minimum Gasteiger partial charge on any atom is -0.423 e. The van der Waals surface area contributed by atoms with E-state index in [4.69, 9.17) is 9.47 Å². The van der Waals surface area contributed by atoms with Crippen LogP contribution in [0.3, 0.4) is 0 Å². The molecule has 0 bridgehead atoms. The third-order valence-corrected chi connectivity index (χ3v) is 3.09. The van der Waals surface area contributed by atoms with Crippen LogP contribution in [-0.4, -0.2) is 62.6 Å². The van der Waals surface area contributed by atoms with Gasteiger partial charge in [0.05, 0.1) is 6.61 Å². The first-order valence-corrected chi connectivity index (χ1v) is 6.82. The molecule has 0 radical (unpaired) electrons. The van der Waals surface area contributed by atoms with E-state index in [0.29, 0.717) is 12.1 Å². The van der Waals surface area contributed by atoms with Gasteiger partial charge in [-0.05, 0) is 17.4 Å². The number of ether oxygens (including phenoxy) is 2. The summed E-state index contributed by atoms with van der Waals surface area (Å²) >= 11 is 0. The smallest absolute Gasteiger partial charge is 0.423 e. The minimum absolute atomic E-state index is 0.520. The predicted octanol–water partition coefficient (Wildman–Crippen LogP) is -0.149. The highest BCUT2D eigenvalue weighted by Crippen LogP contribution is 2.04. The molecule has 1 aromatic rings. The number of benzene rings is 1. The average Bonchev–Trinajstić information content (AvgIpc) is 2.45. The fraction of sp³-hybridized carbons (Fsp3) is 0.571. The highest BCUT2D eigenvalue weighted by molar-refractivity contribution is 6.58. The molecule has 0 aliphatic heterocycles. The number of rotatable bonds is 10. The summed E-state index contributed by atoms with van der Waals surface area (Å²) in [5.41, 5.74) is 1.58. The predicted molar refractivity (Wildman–Crippen MR) is 79.9 cm³/mol. The maximum atomic E-state index is 9.20. The monoisotopic (exact) mass is 281 g/mol. The zero-order valence-corrected chi connectivity index (χ0v) is 12.3. The molecule has 0 aliphatic rings. The number of methoxy groups -OCH3 is 2. The van der Waals surface area contributed by atoms with Gasteiger partial charge in [0, 0.05) is 40.5 Å². The molecule has 0 atom stereocenters.